The number of nitrogens with zero attached hydrogens (tertiary/aromatic N) is 1. The van der Waals surface area contributed by atoms with Crippen LogP contribution in [0.3, 0.4) is 0 Å². The number of halogens is 2. The van der Waals surface area contributed by atoms with Crippen molar-refractivity contribution in [1.29, 1.82) is 0 Å². The molecule has 1 atom stereocenters. The Balaban J connectivity index is 1.89. The van der Waals surface area contributed by atoms with Crippen LogP contribution in [0.5, 0.6) is 5.75 Å². The summed E-state index contributed by atoms with van der Waals surface area (Å²) in [5.41, 5.74) is 1.22. The number of carbonyl (C=O) groups is 2. The number of carbonyl (C=O) groups excluding carboxylic acids is 2. The van der Waals surface area contributed by atoms with Crippen LogP contribution in [0.15, 0.2) is 78.9 Å². The predicted octanol–water partition coefficient (Wildman–Crippen LogP) is 5.02. The Labute approximate surface area is 204 Å². The molecule has 0 aliphatic heterocycles. The summed E-state index contributed by atoms with van der Waals surface area (Å²) in [5, 5.41) is 3.44. The van der Waals surface area contributed by atoms with E-state index < -0.39 is 17.8 Å². The molecule has 0 aliphatic rings. The molecule has 0 aliphatic carbocycles. The standard InChI is InChI=1S/C27H28ClFN2O3/c1-2-16-30-27(33)25(17-20-8-4-3-5-9-20)31(18-21-10-6-7-11-24(21)29)26(32)19-34-23-14-12-22(28)13-15-23/h3-15,25H,2,16-19H2,1H3,(H,30,33). The lowest BCUT2D eigenvalue weighted by atomic mass is 10.0. The fourth-order valence-electron chi connectivity index (χ4n) is 3.49. The molecule has 0 heterocycles. The molecule has 0 spiro atoms. The van der Waals surface area contributed by atoms with E-state index in [-0.39, 0.29) is 25.5 Å². The summed E-state index contributed by atoms with van der Waals surface area (Å²) in [6.07, 6.45) is 1.04. The van der Waals surface area contributed by atoms with E-state index in [2.05, 4.69) is 5.32 Å². The van der Waals surface area contributed by atoms with E-state index >= 15 is 0 Å². The zero-order valence-corrected chi connectivity index (χ0v) is 19.8. The molecule has 34 heavy (non-hydrogen) atoms. The molecule has 178 valence electrons. The van der Waals surface area contributed by atoms with Gasteiger partial charge in [0.25, 0.3) is 5.91 Å². The summed E-state index contributed by atoms with van der Waals surface area (Å²) in [6.45, 7) is 2.07. The van der Waals surface area contributed by atoms with E-state index in [4.69, 9.17) is 16.3 Å². The summed E-state index contributed by atoms with van der Waals surface area (Å²) in [5.74, 6) is -0.683. The highest BCUT2D eigenvalue weighted by molar-refractivity contribution is 6.30. The van der Waals surface area contributed by atoms with Gasteiger partial charge in [-0.2, -0.15) is 0 Å². The first-order chi connectivity index (χ1) is 16.5. The third-order valence-electron chi connectivity index (χ3n) is 5.29. The molecule has 7 heteroatoms. The highest BCUT2D eigenvalue weighted by Gasteiger charge is 2.31. The lowest BCUT2D eigenvalue weighted by molar-refractivity contribution is -0.142. The zero-order valence-electron chi connectivity index (χ0n) is 19.0. The summed E-state index contributed by atoms with van der Waals surface area (Å²) in [4.78, 5) is 28.0. The van der Waals surface area contributed by atoms with Crippen molar-refractivity contribution in [2.75, 3.05) is 13.2 Å². The van der Waals surface area contributed by atoms with Crippen molar-refractivity contribution in [3.63, 3.8) is 0 Å². The number of hydrogen-bond acceptors (Lipinski definition) is 3. The van der Waals surface area contributed by atoms with Crippen molar-refractivity contribution in [3.05, 3.63) is 101 Å². The zero-order chi connectivity index (χ0) is 24.3. The fraction of sp³-hybridized carbons (Fsp3) is 0.259. The van der Waals surface area contributed by atoms with Gasteiger partial charge in [0.05, 0.1) is 0 Å². The molecular formula is C27H28ClFN2O3. The molecule has 5 nitrogen and oxygen atoms in total. The summed E-state index contributed by atoms with van der Waals surface area (Å²) >= 11 is 5.91. The first-order valence-corrected chi connectivity index (χ1v) is 11.6. The average molecular weight is 483 g/mol. The van der Waals surface area contributed by atoms with Gasteiger partial charge in [-0.25, -0.2) is 4.39 Å². The van der Waals surface area contributed by atoms with Crippen LogP contribution in [0.25, 0.3) is 0 Å². The van der Waals surface area contributed by atoms with Crippen molar-refractivity contribution in [1.82, 2.24) is 10.2 Å². The molecule has 1 unspecified atom stereocenters. The minimum atomic E-state index is -0.838. The molecule has 1 N–H and O–H groups in total. The van der Waals surface area contributed by atoms with Crippen molar-refractivity contribution in [2.45, 2.75) is 32.4 Å². The predicted molar refractivity (Wildman–Crippen MR) is 131 cm³/mol. The van der Waals surface area contributed by atoms with E-state index in [0.717, 1.165) is 12.0 Å². The summed E-state index contributed by atoms with van der Waals surface area (Å²) in [7, 11) is 0. The van der Waals surface area contributed by atoms with Crippen LogP contribution in [-0.2, 0) is 22.6 Å². The van der Waals surface area contributed by atoms with Crippen LogP contribution in [0.2, 0.25) is 5.02 Å². The molecule has 2 amide bonds. The number of hydrogen-bond donors (Lipinski definition) is 1. The lowest BCUT2D eigenvalue weighted by Gasteiger charge is -2.31. The Hall–Kier alpha value is -3.38. The van der Waals surface area contributed by atoms with E-state index in [1.54, 1.807) is 42.5 Å². The Morgan fingerprint density at radius 3 is 2.35 bits per heavy atom. The van der Waals surface area contributed by atoms with Crippen molar-refractivity contribution >= 4 is 23.4 Å². The van der Waals surface area contributed by atoms with Gasteiger partial charge in [0, 0.05) is 30.1 Å². The second kappa shape index (κ2) is 12.8. The van der Waals surface area contributed by atoms with E-state index in [1.807, 2.05) is 37.3 Å². The second-order valence-electron chi connectivity index (χ2n) is 7.85. The third kappa shape index (κ3) is 7.32. The molecule has 0 radical (unpaired) electrons. The molecule has 0 aromatic heterocycles. The third-order valence-corrected chi connectivity index (χ3v) is 5.55. The van der Waals surface area contributed by atoms with Gasteiger partial charge in [-0.3, -0.25) is 9.59 Å². The van der Waals surface area contributed by atoms with Crippen LogP contribution in [-0.4, -0.2) is 35.9 Å². The van der Waals surface area contributed by atoms with Crippen molar-refractivity contribution in [3.8, 4) is 5.75 Å². The minimum Gasteiger partial charge on any atom is -0.484 e. The number of benzene rings is 3. The van der Waals surface area contributed by atoms with Crippen LogP contribution in [0.4, 0.5) is 4.39 Å². The van der Waals surface area contributed by atoms with Gasteiger partial charge >= 0.3 is 0 Å². The molecule has 0 bridgehead atoms. The fourth-order valence-corrected chi connectivity index (χ4v) is 3.61. The number of amides is 2. The van der Waals surface area contributed by atoms with E-state index in [9.17, 15) is 14.0 Å². The van der Waals surface area contributed by atoms with E-state index in [1.165, 1.54) is 11.0 Å². The molecule has 0 fully saturated rings. The van der Waals surface area contributed by atoms with Crippen LogP contribution in [0, 0.1) is 5.82 Å². The lowest BCUT2D eigenvalue weighted by Crippen LogP contribution is -2.51. The Kier molecular flexibility index (Phi) is 9.47. The number of rotatable bonds is 11. The van der Waals surface area contributed by atoms with Crippen LogP contribution < -0.4 is 10.1 Å². The normalized spacial score (nSPS) is 11.5. The topological polar surface area (TPSA) is 58.6 Å². The summed E-state index contributed by atoms with van der Waals surface area (Å²) < 4.78 is 20.2. The van der Waals surface area contributed by atoms with Crippen LogP contribution >= 0.6 is 11.6 Å². The Bertz CT molecular complexity index is 1080. The Morgan fingerprint density at radius 2 is 1.68 bits per heavy atom. The summed E-state index contributed by atoms with van der Waals surface area (Å²) in [6, 6.07) is 21.5. The van der Waals surface area contributed by atoms with Crippen molar-refractivity contribution in [2.24, 2.45) is 0 Å². The highest BCUT2D eigenvalue weighted by atomic mass is 35.5. The molecule has 3 rings (SSSR count). The largest absolute Gasteiger partial charge is 0.484 e. The Morgan fingerprint density at radius 1 is 1.00 bits per heavy atom. The van der Waals surface area contributed by atoms with Gasteiger partial charge in [-0.05, 0) is 42.3 Å². The van der Waals surface area contributed by atoms with Gasteiger partial charge < -0.3 is 15.0 Å². The molecular weight excluding hydrogens is 455 g/mol. The molecule has 3 aromatic carbocycles. The minimum absolute atomic E-state index is 0.0630. The van der Waals surface area contributed by atoms with Gasteiger partial charge in [-0.1, -0.05) is 67.1 Å². The van der Waals surface area contributed by atoms with Crippen LogP contribution in [0.1, 0.15) is 24.5 Å². The molecule has 0 saturated heterocycles. The SMILES string of the molecule is CCCNC(=O)C(Cc1ccccc1)N(Cc1ccccc1F)C(=O)COc1ccc(Cl)cc1. The number of ether oxygens (including phenoxy) is 1. The van der Waals surface area contributed by atoms with Gasteiger partial charge in [0.2, 0.25) is 5.91 Å². The first-order valence-electron chi connectivity index (χ1n) is 11.2. The maximum absolute atomic E-state index is 14.5. The van der Waals surface area contributed by atoms with E-state index in [0.29, 0.717) is 22.9 Å². The highest BCUT2D eigenvalue weighted by Crippen LogP contribution is 2.19. The van der Waals surface area contributed by atoms with Gasteiger partial charge in [0.1, 0.15) is 17.6 Å². The second-order valence-corrected chi connectivity index (χ2v) is 8.29. The maximum Gasteiger partial charge on any atom is 0.261 e. The smallest absolute Gasteiger partial charge is 0.261 e. The first kappa shape index (κ1) is 25.2. The average Bonchev–Trinajstić information content (AvgIpc) is 2.85. The maximum atomic E-state index is 14.5. The number of nitrogens with one attached hydrogen (secondary N) is 1. The van der Waals surface area contributed by atoms with Gasteiger partial charge in [-0.15, -0.1) is 0 Å². The van der Waals surface area contributed by atoms with Gasteiger partial charge in [0.15, 0.2) is 6.61 Å². The van der Waals surface area contributed by atoms with Crippen molar-refractivity contribution < 1.29 is 18.7 Å². The molecule has 3 aromatic rings. The molecule has 0 saturated carbocycles. The monoisotopic (exact) mass is 482 g/mol. The quantitative estimate of drug-likeness (QED) is 0.417.